The quantitative estimate of drug-likeness (QED) is 0.782. The molecule has 1 aliphatic carbocycles. The number of halogens is 2. The zero-order valence-corrected chi connectivity index (χ0v) is 16.1. The Morgan fingerprint density at radius 2 is 2.07 bits per heavy atom. The zero-order chi connectivity index (χ0) is 20.2. The first-order valence-corrected chi connectivity index (χ1v) is 9.66. The van der Waals surface area contributed by atoms with Crippen LogP contribution in [-0.4, -0.2) is 52.6 Å². The zero-order valence-electron chi connectivity index (χ0n) is 16.1. The average Bonchev–Trinajstić information content (AvgIpc) is 3.08. The first kappa shape index (κ1) is 18.2. The number of ether oxygens (including phenoxy) is 1. The van der Waals surface area contributed by atoms with Crippen molar-refractivity contribution in [1.82, 2.24) is 20.1 Å². The van der Waals surface area contributed by atoms with Gasteiger partial charge in [-0.15, -0.1) is 0 Å². The van der Waals surface area contributed by atoms with Crippen molar-refractivity contribution < 1.29 is 13.5 Å². The van der Waals surface area contributed by atoms with Gasteiger partial charge in [0.1, 0.15) is 18.1 Å². The molecule has 1 N–H and O–H groups in total. The normalized spacial score (nSPS) is 21.3. The molecule has 2 fully saturated rings. The van der Waals surface area contributed by atoms with Crippen LogP contribution in [0.5, 0.6) is 0 Å². The van der Waals surface area contributed by atoms with Gasteiger partial charge in [0, 0.05) is 55.3 Å². The summed E-state index contributed by atoms with van der Waals surface area (Å²) in [7, 11) is 0. The fourth-order valence-electron chi connectivity index (χ4n) is 4.07. The number of fused-ring (bicyclic) bond motifs is 1. The van der Waals surface area contributed by atoms with Gasteiger partial charge in [0.15, 0.2) is 0 Å². The lowest BCUT2D eigenvalue weighted by atomic mass is 9.87. The highest BCUT2D eigenvalue weighted by atomic mass is 19.3. The summed E-state index contributed by atoms with van der Waals surface area (Å²) in [4.78, 5) is 10.6. The maximum Gasteiger partial charge on any atom is 0.251 e. The van der Waals surface area contributed by atoms with E-state index in [9.17, 15) is 8.78 Å². The van der Waals surface area contributed by atoms with E-state index in [1.807, 2.05) is 25.3 Å². The van der Waals surface area contributed by atoms with Gasteiger partial charge in [-0.05, 0) is 25.8 Å². The van der Waals surface area contributed by atoms with E-state index in [1.165, 1.54) is 0 Å². The van der Waals surface area contributed by atoms with Gasteiger partial charge < -0.3 is 15.0 Å². The Kier molecular flexibility index (Phi) is 4.16. The molecular weight excluding hydrogens is 378 g/mol. The van der Waals surface area contributed by atoms with Gasteiger partial charge in [-0.1, -0.05) is 0 Å². The largest absolute Gasteiger partial charge is 0.472 e. The molecule has 0 radical (unpaired) electrons. The number of aliphatic imine (C=N–C) groups is 1. The smallest absolute Gasteiger partial charge is 0.251 e. The number of aromatic nitrogens is 3. The van der Waals surface area contributed by atoms with Crippen LogP contribution in [0.4, 0.5) is 14.6 Å². The van der Waals surface area contributed by atoms with Crippen LogP contribution in [0.3, 0.4) is 0 Å². The van der Waals surface area contributed by atoms with Gasteiger partial charge in [0.05, 0.1) is 11.9 Å². The molecule has 1 saturated carbocycles. The van der Waals surface area contributed by atoms with Crippen molar-refractivity contribution >= 4 is 18.1 Å². The van der Waals surface area contributed by atoms with Gasteiger partial charge in [-0.3, -0.25) is 0 Å². The van der Waals surface area contributed by atoms with E-state index in [1.54, 1.807) is 10.9 Å². The van der Waals surface area contributed by atoms with Crippen molar-refractivity contribution in [2.24, 2.45) is 4.99 Å². The Morgan fingerprint density at radius 3 is 2.72 bits per heavy atom. The summed E-state index contributed by atoms with van der Waals surface area (Å²) in [5.41, 5.74) is 3.59. The minimum atomic E-state index is -2.48. The molecule has 2 aromatic heterocycles. The van der Waals surface area contributed by atoms with Crippen molar-refractivity contribution in [2.75, 3.05) is 18.0 Å². The predicted molar refractivity (Wildman–Crippen MR) is 105 cm³/mol. The molecule has 5 rings (SSSR count). The molecule has 2 aliphatic heterocycles. The summed E-state index contributed by atoms with van der Waals surface area (Å²) < 4.78 is 33.2. The molecule has 0 spiro atoms. The van der Waals surface area contributed by atoms with Gasteiger partial charge >= 0.3 is 0 Å². The number of hydrogen-bond acceptors (Lipinski definition) is 6. The van der Waals surface area contributed by atoms with Crippen LogP contribution in [-0.2, 0) is 11.3 Å². The molecule has 2 aromatic rings. The molecule has 4 heterocycles. The second-order valence-electron chi connectivity index (χ2n) is 7.93. The van der Waals surface area contributed by atoms with E-state index in [0.717, 1.165) is 41.4 Å². The lowest BCUT2D eigenvalue weighted by molar-refractivity contribution is -0.0952. The molecule has 9 heteroatoms. The van der Waals surface area contributed by atoms with Crippen LogP contribution >= 0.6 is 0 Å². The molecule has 7 nitrogen and oxygen atoms in total. The Morgan fingerprint density at radius 1 is 1.28 bits per heavy atom. The third-order valence-corrected chi connectivity index (χ3v) is 5.74. The Labute approximate surface area is 167 Å². The molecule has 0 bridgehead atoms. The van der Waals surface area contributed by atoms with Crippen LogP contribution in [0.15, 0.2) is 35.4 Å². The van der Waals surface area contributed by atoms with Crippen molar-refractivity contribution in [3.05, 3.63) is 41.7 Å². The molecule has 3 aliphatic rings. The first-order valence-electron chi connectivity index (χ1n) is 9.66. The lowest BCUT2D eigenvalue weighted by Gasteiger charge is -2.45. The van der Waals surface area contributed by atoms with Crippen molar-refractivity contribution in [3.63, 3.8) is 0 Å². The first-order chi connectivity index (χ1) is 13.9. The topological polar surface area (TPSA) is 67.6 Å². The molecular formula is C20H22F2N6O. The van der Waals surface area contributed by atoms with Crippen LogP contribution in [0.25, 0.3) is 11.3 Å². The van der Waals surface area contributed by atoms with Crippen LogP contribution in [0.2, 0.25) is 0 Å². The van der Waals surface area contributed by atoms with Gasteiger partial charge in [-0.25, -0.2) is 23.4 Å². The summed E-state index contributed by atoms with van der Waals surface area (Å²) >= 11 is 0. The Balaban J connectivity index is 1.22. The SMILES string of the molecule is C=NC1=C(C)c2nn(-c3ccc(N4CC(NC5CC(F)(F)C5)C4)nc3)cc2CO1. The molecule has 1 saturated heterocycles. The highest BCUT2D eigenvalue weighted by Crippen LogP contribution is 2.38. The van der Waals surface area contributed by atoms with E-state index in [-0.39, 0.29) is 24.9 Å². The van der Waals surface area contributed by atoms with E-state index >= 15 is 0 Å². The van der Waals surface area contributed by atoms with Crippen LogP contribution in [0.1, 0.15) is 31.0 Å². The maximum absolute atomic E-state index is 12.9. The minimum absolute atomic E-state index is 0.0473. The highest BCUT2D eigenvalue weighted by molar-refractivity contribution is 5.67. The molecule has 0 unspecified atom stereocenters. The van der Waals surface area contributed by atoms with E-state index in [4.69, 9.17) is 4.74 Å². The van der Waals surface area contributed by atoms with Gasteiger partial charge in [0.25, 0.3) is 5.92 Å². The molecule has 0 aromatic carbocycles. The monoisotopic (exact) mass is 400 g/mol. The summed E-state index contributed by atoms with van der Waals surface area (Å²) in [5, 5.41) is 7.94. The molecule has 0 amide bonds. The fourth-order valence-corrected chi connectivity index (χ4v) is 4.07. The number of rotatable bonds is 5. The molecule has 0 atom stereocenters. The number of anilines is 1. The van der Waals surface area contributed by atoms with Gasteiger partial charge in [0.2, 0.25) is 5.88 Å². The highest BCUT2D eigenvalue weighted by Gasteiger charge is 2.46. The third-order valence-electron chi connectivity index (χ3n) is 5.74. The summed E-state index contributed by atoms with van der Waals surface area (Å²) in [6.45, 7) is 7.42. The third kappa shape index (κ3) is 3.29. The molecule has 29 heavy (non-hydrogen) atoms. The number of hydrogen-bond donors (Lipinski definition) is 1. The van der Waals surface area contributed by atoms with E-state index in [2.05, 4.69) is 32.0 Å². The number of pyridine rings is 1. The standard InChI is InChI=1S/C20H22F2N6O/c1-12-18-13(11-29-19(12)23-2)8-28(26-18)16-3-4-17(24-7-16)27-9-15(10-27)25-14-5-20(21,22)6-14/h3-4,7-8,14-15,25H,2,5-6,9-11H2,1H3. The predicted octanol–water partition coefficient (Wildman–Crippen LogP) is 2.76. The summed E-state index contributed by atoms with van der Waals surface area (Å²) in [6.07, 6.45) is 3.63. The second-order valence-corrected chi connectivity index (χ2v) is 7.93. The fraction of sp³-hybridized carbons (Fsp3) is 0.450. The second kappa shape index (κ2) is 6.62. The maximum atomic E-state index is 12.9. The summed E-state index contributed by atoms with van der Waals surface area (Å²) in [5.74, 6) is -1.09. The van der Waals surface area contributed by atoms with E-state index in [0.29, 0.717) is 12.5 Å². The minimum Gasteiger partial charge on any atom is -0.472 e. The van der Waals surface area contributed by atoms with Gasteiger partial charge in [-0.2, -0.15) is 5.10 Å². The van der Waals surface area contributed by atoms with E-state index < -0.39 is 5.92 Å². The van der Waals surface area contributed by atoms with Crippen LogP contribution < -0.4 is 10.2 Å². The average molecular weight is 400 g/mol. The number of nitrogens with one attached hydrogen (secondary N) is 1. The van der Waals surface area contributed by atoms with Crippen molar-refractivity contribution in [1.29, 1.82) is 0 Å². The summed E-state index contributed by atoms with van der Waals surface area (Å²) in [6, 6.07) is 4.12. The van der Waals surface area contributed by atoms with Crippen molar-refractivity contribution in [2.45, 2.75) is 44.4 Å². The Hall–Kier alpha value is -2.81. The van der Waals surface area contributed by atoms with Crippen molar-refractivity contribution in [3.8, 4) is 5.69 Å². The number of nitrogens with zero attached hydrogens (tertiary/aromatic N) is 5. The lowest BCUT2D eigenvalue weighted by Crippen LogP contribution is -2.63. The Bertz CT molecular complexity index is 969. The molecule has 152 valence electrons. The van der Waals surface area contributed by atoms with Crippen LogP contribution in [0, 0.1) is 0 Å². The number of allylic oxidation sites excluding steroid dienone is 1. The number of alkyl halides is 2.